The van der Waals surface area contributed by atoms with Crippen LogP contribution in [-0.4, -0.2) is 29.2 Å². The fourth-order valence-electron chi connectivity index (χ4n) is 2.45. The third-order valence-electron chi connectivity index (χ3n) is 3.87. The Morgan fingerprint density at radius 2 is 2.14 bits per heavy atom. The fourth-order valence-corrected chi connectivity index (χ4v) is 2.92. The van der Waals surface area contributed by atoms with Crippen molar-refractivity contribution in [2.45, 2.75) is 25.8 Å². The van der Waals surface area contributed by atoms with Gasteiger partial charge in [0.05, 0.1) is 11.2 Å². The Kier molecular flexibility index (Phi) is 3.97. The Labute approximate surface area is 137 Å². The molecule has 1 heterocycles. The lowest BCUT2D eigenvalue weighted by molar-refractivity contribution is 0.0958. The molecule has 0 radical (unpaired) electrons. The summed E-state index contributed by atoms with van der Waals surface area (Å²) in [6, 6.07) is 6.33. The summed E-state index contributed by atoms with van der Waals surface area (Å²) in [5, 5.41) is 15.4. The number of halogens is 1. The van der Waals surface area contributed by atoms with Gasteiger partial charge in [0, 0.05) is 22.0 Å². The zero-order valence-electron chi connectivity index (χ0n) is 12.0. The molecule has 1 atom stereocenters. The molecule has 5 nitrogen and oxygen atoms in total. The Hall–Kier alpha value is -1.44. The topological polar surface area (TPSA) is 66.9 Å². The predicted molar refractivity (Wildman–Crippen MR) is 91.5 cm³/mol. The molecule has 21 heavy (non-hydrogen) atoms. The predicted octanol–water partition coefficient (Wildman–Crippen LogP) is 2.80. The van der Waals surface area contributed by atoms with E-state index in [-0.39, 0.29) is 5.91 Å². The second-order valence-corrected chi connectivity index (χ2v) is 6.68. The Morgan fingerprint density at radius 1 is 1.38 bits per heavy atom. The third kappa shape index (κ3) is 2.95. The molecule has 2 aromatic rings. The van der Waals surface area contributed by atoms with E-state index in [4.69, 9.17) is 0 Å². The summed E-state index contributed by atoms with van der Waals surface area (Å²) in [7, 11) is 1.61. The molecular weight excluding hydrogens is 379 g/mol. The van der Waals surface area contributed by atoms with E-state index in [1.165, 1.54) is 12.8 Å². The average molecular weight is 396 g/mol. The SMILES string of the molecule is CNC(=O)c1nnc2cc(I)ccc2c1NC(C)C1CC1. The largest absolute Gasteiger partial charge is 0.380 e. The second kappa shape index (κ2) is 5.75. The van der Waals surface area contributed by atoms with Crippen molar-refractivity contribution in [3.05, 3.63) is 27.5 Å². The lowest BCUT2D eigenvalue weighted by Crippen LogP contribution is -2.25. The fraction of sp³-hybridized carbons (Fsp3) is 0.400. The van der Waals surface area contributed by atoms with Gasteiger partial charge < -0.3 is 10.6 Å². The molecule has 0 bridgehead atoms. The van der Waals surface area contributed by atoms with E-state index < -0.39 is 0 Å². The third-order valence-corrected chi connectivity index (χ3v) is 4.54. The number of carbonyl (C=O) groups excluding carboxylic acids is 1. The van der Waals surface area contributed by atoms with E-state index in [0.29, 0.717) is 17.7 Å². The normalized spacial score (nSPS) is 15.8. The van der Waals surface area contributed by atoms with Crippen LogP contribution in [-0.2, 0) is 0 Å². The highest BCUT2D eigenvalue weighted by molar-refractivity contribution is 14.1. The molecular formula is C15H17IN4O. The van der Waals surface area contributed by atoms with E-state index in [1.807, 2.05) is 18.2 Å². The van der Waals surface area contributed by atoms with Gasteiger partial charge in [-0.2, -0.15) is 0 Å². The van der Waals surface area contributed by atoms with Crippen molar-refractivity contribution in [1.82, 2.24) is 15.5 Å². The van der Waals surface area contributed by atoms with Crippen molar-refractivity contribution in [1.29, 1.82) is 0 Å². The number of benzene rings is 1. The summed E-state index contributed by atoms with van der Waals surface area (Å²) in [4.78, 5) is 12.1. The first-order valence-corrected chi connectivity index (χ1v) is 8.12. The number of rotatable bonds is 4. The Bertz CT molecular complexity index is 699. The average Bonchev–Trinajstić information content (AvgIpc) is 3.31. The quantitative estimate of drug-likeness (QED) is 0.781. The highest BCUT2D eigenvalue weighted by Gasteiger charge is 2.29. The highest BCUT2D eigenvalue weighted by Crippen LogP contribution is 2.35. The lowest BCUT2D eigenvalue weighted by Gasteiger charge is -2.18. The van der Waals surface area contributed by atoms with Gasteiger partial charge in [0.2, 0.25) is 0 Å². The molecule has 110 valence electrons. The minimum atomic E-state index is -0.214. The van der Waals surface area contributed by atoms with Crippen molar-refractivity contribution in [3.63, 3.8) is 0 Å². The summed E-state index contributed by atoms with van der Waals surface area (Å²) in [5.74, 6) is 0.475. The number of nitrogens with one attached hydrogen (secondary N) is 2. The van der Waals surface area contributed by atoms with Crippen molar-refractivity contribution < 1.29 is 4.79 Å². The molecule has 6 heteroatoms. The molecule has 1 aromatic heterocycles. The van der Waals surface area contributed by atoms with Crippen molar-refractivity contribution in [3.8, 4) is 0 Å². The number of carbonyl (C=O) groups is 1. The van der Waals surface area contributed by atoms with E-state index in [2.05, 4.69) is 50.3 Å². The number of anilines is 1. The van der Waals surface area contributed by atoms with Gasteiger partial charge in [0.1, 0.15) is 0 Å². The first-order chi connectivity index (χ1) is 10.1. The monoisotopic (exact) mass is 396 g/mol. The van der Waals surface area contributed by atoms with Crippen LogP contribution in [0, 0.1) is 9.49 Å². The Morgan fingerprint density at radius 3 is 2.81 bits per heavy atom. The van der Waals surface area contributed by atoms with Crippen LogP contribution >= 0.6 is 22.6 Å². The molecule has 3 rings (SSSR count). The summed E-state index contributed by atoms with van der Waals surface area (Å²) < 4.78 is 1.10. The maximum absolute atomic E-state index is 12.1. The van der Waals surface area contributed by atoms with Crippen molar-refractivity contribution in [2.24, 2.45) is 5.92 Å². The number of aromatic nitrogens is 2. The molecule has 1 aliphatic rings. The number of hydrogen-bond acceptors (Lipinski definition) is 4. The van der Waals surface area contributed by atoms with Gasteiger partial charge in [-0.15, -0.1) is 10.2 Å². The zero-order chi connectivity index (χ0) is 15.0. The van der Waals surface area contributed by atoms with Crippen LogP contribution in [0.2, 0.25) is 0 Å². The van der Waals surface area contributed by atoms with Crippen molar-refractivity contribution in [2.75, 3.05) is 12.4 Å². The van der Waals surface area contributed by atoms with Gasteiger partial charge in [0.15, 0.2) is 5.69 Å². The summed E-state index contributed by atoms with van der Waals surface area (Å²) in [5.41, 5.74) is 1.95. The van der Waals surface area contributed by atoms with E-state index in [0.717, 1.165) is 20.2 Å². The smallest absolute Gasteiger partial charge is 0.273 e. The summed E-state index contributed by atoms with van der Waals surface area (Å²) in [6.07, 6.45) is 2.50. The van der Waals surface area contributed by atoms with Gasteiger partial charge in [-0.1, -0.05) is 0 Å². The molecule has 0 aliphatic heterocycles. The van der Waals surface area contributed by atoms with Crippen LogP contribution in [0.4, 0.5) is 5.69 Å². The number of amides is 1. The first-order valence-electron chi connectivity index (χ1n) is 7.04. The van der Waals surface area contributed by atoms with Crippen molar-refractivity contribution >= 4 is 45.1 Å². The molecule has 0 spiro atoms. The maximum atomic E-state index is 12.1. The minimum absolute atomic E-state index is 0.214. The Balaban J connectivity index is 2.11. The molecule has 0 saturated heterocycles. The van der Waals surface area contributed by atoms with Crippen LogP contribution in [0.15, 0.2) is 18.2 Å². The zero-order valence-corrected chi connectivity index (χ0v) is 14.1. The van der Waals surface area contributed by atoms with Crippen LogP contribution < -0.4 is 10.6 Å². The molecule has 1 aromatic carbocycles. The molecule has 1 aliphatic carbocycles. The summed E-state index contributed by atoms with van der Waals surface area (Å²) >= 11 is 2.25. The van der Waals surface area contributed by atoms with Gasteiger partial charge in [0.25, 0.3) is 5.91 Å². The van der Waals surface area contributed by atoms with Gasteiger partial charge in [-0.3, -0.25) is 4.79 Å². The van der Waals surface area contributed by atoms with Crippen LogP contribution in [0.5, 0.6) is 0 Å². The number of nitrogens with zero attached hydrogens (tertiary/aromatic N) is 2. The number of hydrogen-bond donors (Lipinski definition) is 2. The number of fused-ring (bicyclic) bond motifs is 1. The van der Waals surface area contributed by atoms with Crippen LogP contribution in [0.25, 0.3) is 10.9 Å². The van der Waals surface area contributed by atoms with E-state index >= 15 is 0 Å². The first kappa shape index (κ1) is 14.5. The molecule has 1 saturated carbocycles. The highest BCUT2D eigenvalue weighted by atomic mass is 127. The van der Waals surface area contributed by atoms with Gasteiger partial charge in [-0.05, 0) is 66.5 Å². The molecule has 1 amide bonds. The lowest BCUT2D eigenvalue weighted by atomic mass is 10.1. The van der Waals surface area contributed by atoms with E-state index in [9.17, 15) is 4.79 Å². The molecule has 2 N–H and O–H groups in total. The van der Waals surface area contributed by atoms with E-state index in [1.54, 1.807) is 7.05 Å². The summed E-state index contributed by atoms with van der Waals surface area (Å²) in [6.45, 7) is 2.16. The van der Waals surface area contributed by atoms with Gasteiger partial charge >= 0.3 is 0 Å². The molecule has 1 unspecified atom stereocenters. The van der Waals surface area contributed by atoms with Gasteiger partial charge in [-0.25, -0.2) is 0 Å². The second-order valence-electron chi connectivity index (χ2n) is 5.43. The van der Waals surface area contributed by atoms with Crippen LogP contribution in [0.3, 0.4) is 0 Å². The molecule has 1 fully saturated rings. The minimum Gasteiger partial charge on any atom is -0.380 e. The maximum Gasteiger partial charge on any atom is 0.273 e. The standard InChI is InChI=1S/C15H17IN4O/c1-8(9-3-4-9)18-13-11-6-5-10(16)7-12(11)19-20-14(13)15(21)17-2/h5-9H,3-4H2,1-2H3,(H,17,21)(H,18,19). The van der Waals surface area contributed by atoms with Crippen LogP contribution in [0.1, 0.15) is 30.3 Å².